The van der Waals surface area contributed by atoms with Gasteiger partial charge in [-0.1, -0.05) is 11.6 Å². The number of halogens is 2. The minimum absolute atomic E-state index is 0.344. The summed E-state index contributed by atoms with van der Waals surface area (Å²) in [5.41, 5.74) is 6.92. The molecule has 0 spiro atoms. The number of hydrogen-bond acceptors (Lipinski definition) is 2. The van der Waals surface area contributed by atoms with Gasteiger partial charge in [-0.25, -0.2) is 4.39 Å². The van der Waals surface area contributed by atoms with Gasteiger partial charge in [-0.15, -0.1) is 0 Å². The van der Waals surface area contributed by atoms with E-state index in [2.05, 4.69) is 0 Å². The van der Waals surface area contributed by atoms with Crippen molar-refractivity contribution < 1.29 is 9.50 Å². The number of aromatic hydroxyl groups is 1. The highest BCUT2D eigenvalue weighted by Gasteiger charge is 2.25. The van der Waals surface area contributed by atoms with Gasteiger partial charge in [0, 0.05) is 22.7 Å². The third-order valence-corrected chi connectivity index (χ3v) is 2.99. The van der Waals surface area contributed by atoms with Gasteiger partial charge in [0.25, 0.3) is 0 Å². The molecule has 1 atom stereocenters. The number of hydrogen-bond donors (Lipinski definition) is 2. The standard InChI is InChI=1S/C10H11ClFNO/c11-6-4-8(14)10(12)9-5(6)2-1-3-7(9)13/h4,7,14H,1-3,13H2. The Bertz CT molecular complexity index is 381. The molecule has 0 heterocycles. The average molecular weight is 216 g/mol. The van der Waals surface area contributed by atoms with E-state index in [0.29, 0.717) is 10.6 Å². The van der Waals surface area contributed by atoms with Crippen LogP contribution < -0.4 is 5.73 Å². The van der Waals surface area contributed by atoms with E-state index >= 15 is 0 Å². The van der Waals surface area contributed by atoms with Crippen LogP contribution in [0.25, 0.3) is 0 Å². The van der Waals surface area contributed by atoms with Gasteiger partial charge in [-0.05, 0) is 24.8 Å². The molecule has 2 rings (SSSR count). The van der Waals surface area contributed by atoms with Gasteiger partial charge < -0.3 is 10.8 Å². The third-order valence-electron chi connectivity index (χ3n) is 2.65. The zero-order valence-electron chi connectivity index (χ0n) is 7.56. The Morgan fingerprint density at radius 3 is 3.00 bits per heavy atom. The summed E-state index contributed by atoms with van der Waals surface area (Å²) in [6, 6.07) is 0.900. The monoisotopic (exact) mass is 215 g/mol. The fourth-order valence-corrected chi connectivity index (χ4v) is 2.25. The Balaban J connectivity index is 2.67. The second-order valence-electron chi connectivity index (χ2n) is 3.58. The maximum Gasteiger partial charge on any atom is 0.169 e. The first-order chi connectivity index (χ1) is 6.61. The van der Waals surface area contributed by atoms with Crippen LogP contribution in [0.15, 0.2) is 6.07 Å². The average Bonchev–Trinajstić information content (AvgIpc) is 2.14. The van der Waals surface area contributed by atoms with Crippen molar-refractivity contribution in [3.05, 3.63) is 28.0 Å². The lowest BCUT2D eigenvalue weighted by Crippen LogP contribution is -2.19. The summed E-state index contributed by atoms with van der Waals surface area (Å²) in [5.74, 6) is -1.03. The molecule has 1 aliphatic rings. The molecule has 0 bridgehead atoms. The van der Waals surface area contributed by atoms with Gasteiger partial charge in [0.05, 0.1) is 0 Å². The van der Waals surface area contributed by atoms with Crippen molar-refractivity contribution in [2.45, 2.75) is 25.3 Å². The Morgan fingerprint density at radius 1 is 1.57 bits per heavy atom. The van der Waals surface area contributed by atoms with Gasteiger partial charge in [-0.2, -0.15) is 0 Å². The van der Waals surface area contributed by atoms with Crippen LogP contribution in [0.3, 0.4) is 0 Å². The number of rotatable bonds is 0. The molecule has 14 heavy (non-hydrogen) atoms. The van der Waals surface area contributed by atoms with Crippen molar-refractivity contribution in [2.24, 2.45) is 5.73 Å². The van der Waals surface area contributed by atoms with E-state index < -0.39 is 11.6 Å². The van der Waals surface area contributed by atoms with Crippen LogP contribution in [0.4, 0.5) is 4.39 Å². The summed E-state index contributed by atoms with van der Waals surface area (Å²) in [5, 5.41) is 9.67. The molecule has 1 aromatic carbocycles. The molecule has 0 aromatic heterocycles. The summed E-state index contributed by atoms with van der Waals surface area (Å²) in [6.45, 7) is 0. The Kier molecular flexibility index (Phi) is 2.37. The molecule has 76 valence electrons. The van der Waals surface area contributed by atoms with Gasteiger partial charge in [0.2, 0.25) is 0 Å². The molecule has 0 amide bonds. The lowest BCUT2D eigenvalue weighted by Gasteiger charge is -2.23. The number of benzene rings is 1. The van der Waals surface area contributed by atoms with Crippen LogP contribution in [0.1, 0.15) is 30.0 Å². The lowest BCUT2D eigenvalue weighted by molar-refractivity contribution is 0.417. The Labute approximate surface area is 86.5 Å². The lowest BCUT2D eigenvalue weighted by atomic mass is 9.87. The van der Waals surface area contributed by atoms with E-state index in [1.807, 2.05) is 0 Å². The quantitative estimate of drug-likeness (QED) is 0.699. The smallest absolute Gasteiger partial charge is 0.169 e. The largest absolute Gasteiger partial charge is 0.505 e. The SMILES string of the molecule is NC1CCCc2c(Cl)cc(O)c(F)c21. The molecule has 1 unspecified atom stereocenters. The van der Waals surface area contributed by atoms with Crippen molar-refractivity contribution >= 4 is 11.6 Å². The van der Waals surface area contributed by atoms with Crippen molar-refractivity contribution in [3.63, 3.8) is 0 Å². The van der Waals surface area contributed by atoms with E-state index in [4.69, 9.17) is 17.3 Å². The van der Waals surface area contributed by atoms with E-state index in [1.165, 1.54) is 6.07 Å². The van der Waals surface area contributed by atoms with Gasteiger partial charge >= 0.3 is 0 Å². The molecular formula is C10H11ClFNO. The number of nitrogens with two attached hydrogens (primary N) is 1. The molecule has 2 nitrogen and oxygen atoms in total. The molecule has 0 fully saturated rings. The van der Waals surface area contributed by atoms with Crippen LogP contribution in [0, 0.1) is 5.82 Å². The second kappa shape index (κ2) is 3.41. The molecule has 4 heteroatoms. The van der Waals surface area contributed by atoms with Gasteiger partial charge in [0.15, 0.2) is 11.6 Å². The summed E-state index contributed by atoms with van der Waals surface area (Å²) in [7, 11) is 0. The van der Waals surface area contributed by atoms with Crippen LogP contribution in [-0.4, -0.2) is 5.11 Å². The number of phenols is 1. The predicted molar refractivity (Wildman–Crippen MR) is 52.9 cm³/mol. The fourth-order valence-electron chi connectivity index (χ4n) is 1.95. The molecule has 3 N–H and O–H groups in total. The zero-order chi connectivity index (χ0) is 10.3. The maximum atomic E-state index is 13.5. The van der Waals surface area contributed by atoms with E-state index in [0.717, 1.165) is 24.8 Å². The summed E-state index contributed by atoms with van der Waals surface area (Å²) in [4.78, 5) is 0. The highest BCUT2D eigenvalue weighted by Crippen LogP contribution is 2.38. The van der Waals surface area contributed by atoms with Gasteiger partial charge in [0.1, 0.15) is 0 Å². The minimum atomic E-state index is -0.614. The van der Waals surface area contributed by atoms with E-state index in [1.54, 1.807) is 0 Å². The van der Waals surface area contributed by atoms with Crippen LogP contribution in [0.5, 0.6) is 5.75 Å². The van der Waals surface area contributed by atoms with Crippen molar-refractivity contribution in [2.75, 3.05) is 0 Å². The summed E-state index contributed by atoms with van der Waals surface area (Å²) < 4.78 is 13.5. The predicted octanol–water partition coefficient (Wildman–Crippen LogP) is 2.52. The van der Waals surface area contributed by atoms with Gasteiger partial charge in [-0.3, -0.25) is 0 Å². The Hall–Kier alpha value is -0.800. The first-order valence-corrected chi connectivity index (χ1v) is 4.94. The number of fused-ring (bicyclic) bond motifs is 1. The topological polar surface area (TPSA) is 46.2 Å². The molecule has 0 aliphatic heterocycles. The molecular weight excluding hydrogens is 205 g/mol. The number of phenolic OH excluding ortho intramolecular Hbond substituents is 1. The van der Waals surface area contributed by atoms with Crippen LogP contribution in [0.2, 0.25) is 5.02 Å². The first-order valence-electron chi connectivity index (χ1n) is 4.56. The zero-order valence-corrected chi connectivity index (χ0v) is 8.31. The molecule has 0 radical (unpaired) electrons. The van der Waals surface area contributed by atoms with Crippen LogP contribution in [-0.2, 0) is 6.42 Å². The summed E-state index contributed by atoms with van der Waals surface area (Å²) >= 11 is 5.90. The van der Waals surface area contributed by atoms with Crippen molar-refractivity contribution in [1.29, 1.82) is 0 Å². The van der Waals surface area contributed by atoms with E-state index in [-0.39, 0.29) is 6.04 Å². The maximum absolute atomic E-state index is 13.5. The summed E-state index contributed by atoms with van der Waals surface area (Å²) in [6.07, 6.45) is 2.39. The van der Waals surface area contributed by atoms with Crippen molar-refractivity contribution in [3.8, 4) is 5.75 Å². The Morgan fingerprint density at radius 2 is 2.29 bits per heavy atom. The molecule has 1 aliphatic carbocycles. The third kappa shape index (κ3) is 1.37. The normalized spacial score (nSPS) is 20.6. The minimum Gasteiger partial charge on any atom is -0.505 e. The van der Waals surface area contributed by atoms with Crippen molar-refractivity contribution in [1.82, 2.24) is 0 Å². The molecule has 0 saturated carbocycles. The fraction of sp³-hybridized carbons (Fsp3) is 0.400. The van der Waals surface area contributed by atoms with Crippen LogP contribution >= 0.6 is 11.6 Å². The first kappa shape index (κ1) is 9.74. The molecule has 0 saturated heterocycles. The second-order valence-corrected chi connectivity index (χ2v) is 3.99. The van der Waals surface area contributed by atoms with E-state index in [9.17, 15) is 9.50 Å². The molecule has 1 aromatic rings. The highest BCUT2D eigenvalue weighted by molar-refractivity contribution is 6.31. The highest BCUT2D eigenvalue weighted by atomic mass is 35.5.